The molecule has 0 aliphatic heterocycles. The van der Waals surface area contributed by atoms with E-state index in [1.807, 2.05) is 43.3 Å². The SMILES string of the molecule is CCOP(=O)(O)OCC(O)COCCCNC(=O)c1ccc(N=Nc2ccc(N(C)C)cc2)cc1. The molecule has 0 aliphatic carbocycles. The van der Waals surface area contributed by atoms with Crippen LogP contribution in [0.25, 0.3) is 0 Å². The second-order valence-corrected chi connectivity index (χ2v) is 9.13. The molecule has 0 radical (unpaired) electrons. The Labute approximate surface area is 205 Å². The molecule has 0 saturated carbocycles. The largest absolute Gasteiger partial charge is 0.472 e. The van der Waals surface area contributed by atoms with Crippen molar-refractivity contribution < 1.29 is 33.1 Å². The van der Waals surface area contributed by atoms with Crippen molar-refractivity contribution in [3.63, 3.8) is 0 Å². The van der Waals surface area contributed by atoms with Crippen LogP contribution in [-0.4, -0.2) is 69.1 Å². The number of hydrogen-bond acceptors (Lipinski definition) is 9. The summed E-state index contributed by atoms with van der Waals surface area (Å²) >= 11 is 0. The molecular formula is C23H33N4O7P. The molecule has 11 nitrogen and oxygen atoms in total. The van der Waals surface area contributed by atoms with E-state index in [9.17, 15) is 19.4 Å². The van der Waals surface area contributed by atoms with Gasteiger partial charge in [-0.05, 0) is 61.9 Å². The molecule has 12 heteroatoms. The number of phosphoric acid groups is 1. The Morgan fingerprint density at radius 2 is 1.63 bits per heavy atom. The van der Waals surface area contributed by atoms with Gasteiger partial charge < -0.3 is 25.0 Å². The number of amides is 1. The average Bonchev–Trinajstić information content (AvgIpc) is 2.84. The summed E-state index contributed by atoms with van der Waals surface area (Å²) in [4.78, 5) is 23.5. The molecule has 2 atom stereocenters. The Hall–Kier alpha value is -2.66. The second-order valence-electron chi connectivity index (χ2n) is 7.68. The minimum Gasteiger partial charge on any atom is -0.388 e. The third-order valence-electron chi connectivity index (χ3n) is 4.56. The number of aliphatic hydroxyl groups is 1. The number of azo groups is 1. The van der Waals surface area contributed by atoms with Crippen LogP contribution in [0.1, 0.15) is 23.7 Å². The van der Waals surface area contributed by atoms with Crippen LogP contribution in [0.3, 0.4) is 0 Å². The number of rotatable bonds is 15. The van der Waals surface area contributed by atoms with Crippen molar-refractivity contribution in [2.24, 2.45) is 10.2 Å². The summed E-state index contributed by atoms with van der Waals surface area (Å²) in [6, 6.07) is 14.5. The third kappa shape index (κ3) is 11.1. The van der Waals surface area contributed by atoms with Crippen molar-refractivity contribution in [3.8, 4) is 0 Å². The fourth-order valence-electron chi connectivity index (χ4n) is 2.74. The van der Waals surface area contributed by atoms with Crippen LogP contribution < -0.4 is 10.2 Å². The van der Waals surface area contributed by atoms with Gasteiger partial charge in [-0.15, -0.1) is 0 Å². The van der Waals surface area contributed by atoms with Crippen LogP contribution in [0.4, 0.5) is 17.1 Å². The highest BCUT2D eigenvalue weighted by atomic mass is 31.2. The molecule has 0 aromatic heterocycles. The first-order valence-electron chi connectivity index (χ1n) is 11.1. The van der Waals surface area contributed by atoms with E-state index in [2.05, 4.69) is 24.6 Å². The number of carbonyl (C=O) groups excluding carboxylic acids is 1. The molecule has 0 fully saturated rings. The van der Waals surface area contributed by atoms with E-state index in [0.29, 0.717) is 24.2 Å². The zero-order valence-electron chi connectivity index (χ0n) is 20.2. The number of benzene rings is 2. The number of aliphatic hydroxyl groups excluding tert-OH is 1. The highest BCUT2D eigenvalue weighted by molar-refractivity contribution is 7.47. The number of phosphoric ester groups is 1. The summed E-state index contributed by atoms with van der Waals surface area (Å²) in [5, 5.41) is 20.9. The van der Waals surface area contributed by atoms with E-state index < -0.39 is 13.9 Å². The topological polar surface area (TPSA) is 142 Å². The maximum atomic E-state index is 12.3. The van der Waals surface area contributed by atoms with Gasteiger partial charge in [0, 0.05) is 38.5 Å². The van der Waals surface area contributed by atoms with Crippen molar-refractivity contribution in [1.82, 2.24) is 5.32 Å². The minimum absolute atomic E-state index is 0.0216. The van der Waals surface area contributed by atoms with Gasteiger partial charge >= 0.3 is 7.82 Å². The number of nitrogens with zero attached hydrogens (tertiary/aromatic N) is 3. The molecule has 35 heavy (non-hydrogen) atoms. The predicted octanol–water partition coefficient (Wildman–Crippen LogP) is 3.82. The van der Waals surface area contributed by atoms with Crippen LogP contribution in [-0.2, 0) is 18.3 Å². The first kappa shape index (κ1) is 28.6. The zero-order valence-corrected chi connectivity index (χ0v) is 21.1. The van der Waals surface area contributed by atoms with Gasteiger partial charge in [0.25, 0.3) is 5.91 Å². The quantitative estimate of drug-likeness (QED) is 0.187. The van der Waals surface area contributed by atoms with Crippen molar-refractivity contribution in [1.29, 1.82) is 0 Å². The molecule has 0 spiro atoms. The highest BCUT2D eigenvalue weighted by Gasteiger charge is 2.21. The molecule has 3 N–H and O–H groups in total. The Morgan fingerprint density at radius 3 is 2.20 bits per heavy atom. The van der Waals surface area contributed by atoms with Crippen LogP contribution in [0.2, 0.25) is 0 Å². The minimum atomic E-state index is -4.14. The maximum Gasteiger partial charge on any atom is 0.472 e. The zero-order chi connectivity index (χ0) is 25.7. The van der Waals surface area contributed by atoms with E-state index in [4.69, 9.17) is 4.74 Å². The molecule has 2 aromatic rings. The fourth-order valence-corrected chi connectivity index (χ4v) is 3.50. The van der Waals surface area contributed by atoms with Gasteiger partial charge in [-0.2, -0.15) is 10.2 Å². The molecule has 2 rings (SSSR count). The average molecular weight is 509 g/mol. The van der Waals surface area contributed by atoms with E-state index in [1.165, 1.54) is 0 Å². The lowest BCUT2D eigenvalue weighted by Crippen LogP contribution is -2.26. The second kappa shape index (κ2) is 14.7. The molecule has 192 valence electrons. The number of nitrogens with one attached hydrogen (secondary N) is 1. The van der Waals surface area contributed by atoms with E-state index >= 15 is 0 Å². The van der Waals surface area contributed by atoms with Gasteiger partial charge in [-0.25, -0.2) is 4.57 Å². The lowest BCUT2D eigenvalue weighted by molar-refractivity contribution is 0.00294. The molecular weight excluding hydrogens is 475 g/mol. The molecule has 1 amide bonds. The number of anilines is 1. The summed E-state index contributed by atoms with van der Waals surface area (Å²) in [6.07, 6.45) is -0.547. The summed E-state index contributed by atoms with van der Waals surface area (Å²) in [5.74, 6) is -0.226. The maximum absolute atomic E-state index is 12.3. The number of ether oxygens (including phenoxy) is 1. The Kier molecular flexibility index (Phi) is 12.0. The summed E-state index contributed by atoms with van der Waals surface area (Å²) in [6.45, 7) is 1.78. The molecule has 0 aliphatic rings. The molecule has 0 saturated heterocycles. The summed E-state index contributed by atoms with van der Waals surface area (Å²) < 4.78 is 25.8. The normalized spacial score (nSPS) is 14.0. The van der Waals surface area contributed by atoms with Crippen LogP contribution in [0.5, 0.6) is 0 Å². The fraction of sp³-hybridized carbons (Fsp3) is 0.435. The predicted molar refractivity (Wildman–Crippen MR) is 133 cm³/mol. The van der Waals surface area contributed by atoms with E-state index in [1.54, 1.807) is 31.2 Å². The standard InChI is InChI=1S/C23H33N4O7P/c1-4-33-35(30,31)34-17-22(28)16-32-15-5-14-24-23(29)18-6-8-19(9-7-18)25-26-20-10-12-21(13-11-20)27(2)3/h6-13,22,28H,4-5,14-17H2,1-3H3,(H,24,29)(H,30,31). The van der Waals surface area contributed by atoms with Gasteiger partial charge in [-0.3, -0.25) is 13.8 Å². The smallest absolute Gasteiger partial charge is 0.388 e. The van der Waals surface area contributed by atoms with Crippen molar-refractivity contribution in [2.75, 3.05) is 52.0 Å². The van der Waals surface area contributed by atoms with E-state index in [0.717, 1.165) is 11.4 Å². The monoisotopic (exact) mass is 508 g/mol. The number of hydrogen-bond donors (Lipinski definition) is 3. The first-order chi connectivity index (χ1) is 16.7. The van der Waals surface area contributed by atoms with Gasteiger partial charge in [0.2, 0.25) is 0 Å². The molecule has 0 heterocycles. The van der Waals surface area contributed by atoms with Crippen molar-refractivity contribution in [3.05, 3.63) is 54.1 Å². The highest BCUT2D eigenvalue weighted by Crippen LogP contribution is 2.42. The van der Waals surface area contributed by atoms with Gasteiger partial charge in [-0.1, -0.05) is 0 Å². The van der Waals surface area contributed by atoms with Gasteiger partial charge in [0.1, 0.15) is 6.10 Å². The van der Waals surface area contributed by atoms with E-state index in [-0.39, 0.29) is 32.3 Å². The first-order valence-corrected chi connectivity index (χ1v) is 12.6. The van der Waals surface area contributed by atoms with Crippen molar-refractivity contribution >= 4 is 30.8 Å². The lowest BCUT2D eigenvalue weighted by atomic mass is 10.2. The molecule has 2 unspecified atom stereocenters. The molecule has 2 aromatic carbocycles. The number of carbonyl (C=O) groups is 1. The van der Waals surface area contributed by atoms with Crippen LogP contribution in [0, 0.1) is 0 Å². The third-order valence-corrected chi connectivity index (χ3v) is 5.62. The Bertz CT molecular complexity index is 984. The lowest BCUT2D eigenvalue weighted by Gasteiger charge is -2.14. The summed E-state index contributed by atoms with van der Waals surface area (Å²) in [5.41, 5.74) is 2.94. The van der Waals surface area contributed by atoms with Crippen LogP contribution >= 0.6 is 7.82 Å². The Morgan fingerprint density at radius 1 is 1.03 bits per heavy atom. The van der Waals surface area contributed by atoms with Crippen LogP contribution in [0.15, 0.2) is 58.8 Å². The van der Waals surface area contributed by atoms with Crippen molar-refractivity contribution in [2.45, 2.75) is 19.4 Å². The van der Waals surface area contributed by atoms with Gasteiger partial charge in [0.15, 0.2) is 0 Å². The molecule has 0 bridgehead atoms. The van der Waals surface area contributed by atoms with Gasteiger partial charge in [0.05, 0.1) is 31.2 Å². The summed E-state index contributed by atoms with van der Waals surface area (Å²) in [7, 11) is -0.201. The Balaban J connectivity index is 1.65.